The van der Waals surface area contributed by atoms with Crippen LogP contribution in [0.25, 0.3) is 44.5 Å². The number of nitrogens with zero attached hydrogens (tertiary/aromatic N) is 6. The fourth-order valence-electron chi connectivity index (χ4n) is 11.1. The Morgan fingerprint density at radius 2 is 1.16 bits per heavy atom. The molecule has 0 spiro atoms. The monoisotopic (exact) mass is 1270 g/mol. The van der Waals surface area contributed by atoms with E-state index in [1.54, 1.807) is 6.20 Å². The Hall–Kier alpha value is -8.49. The summed E-state index contributed by atoms with van der Waals surface area (Å²) < 4.78 is 54.5. The van der Waals surface area contributed by atoms with Gasteiger partial charge < -0.3 is 19.6 Å². The van der Waals surface area contributed by atoms with Gasteiger partial charge in [0, 0.05) is 68.1 Å². The van der Waals surface area contributed by atoms with Crippen LogP contribution in [0.1, 0.15) is 118 Å². The molecular formula is C76H69N6Pt-3. The molecule has 0 radical (unpaired) electrons. The van der Waals surface area contributed by atoms with Crippen LogP contribution in [0.15, 0.2) is 206 Å². The Balaban J connectivity index is 0.00000817. The average Bonchev–Trinajstić information content (AvgIpc) is 1.74. The van der Waals surface area contributed by atoms with E-state index in [-0.39, 0.29) is 55.0 Å². The SMILES string of the molecule is [2H]c1c([2H])c([2H])c(-c2cccc(-c3cc(C(C)(C)C)cc(C(C)(C)C)c3)c2N2[CH-]N(c3[c-]c(N(c4[c-]c5c(cc4)-c4ccccc4-c4cc(C#N)ccc4N5c4cc(C([2H])(C)C)ccn4)c4ccccc4)cc(C(C)(C)C)c3)c3ccccc32)c([2H])c1[2H].[Pt]. The predicted molar refractivity (Wildman–Crippen MR) is 343 cm³/mol. The van der Waals surface area contributed by atoms with Crippen molar-refractivity contribution >= 4 is 57.0 Å². The molecule has 3 heterocycles. The third-order valence-electron chi connectivity index (χ3n) is 15.7. The number of para-hydroxylation sites is 4. The van der Waals surface area contributed by atoms with Crippen LogP contribution in [0, 0.1) is 30.1 Å². The number of pyridine rings is 1. The Bertz CT molecular complexity index is 4410. The smallest absolute Gasteiger partial charge is 0.135 e. The molecule has 0 fully saturated rings. The van der Waals surface area contributed by atoms with Gasteiger partial charge in [0.1, 0.15) is 5.82 Å². The molecule has 0 aliphatic carbocycles. The minimum absolute atomic E-state index is 0. The van der Waals surface area contributed by atoms with Gasteiger partial charge in [-0.3, -0.25) is 0 Å². The zero-order chi connectivity index (χ0) is 62.5. The van der Waals surface area contributed by atoms with Crippen LogP contribution in [0.5, 0.6) is 0 Å². The van der Waals surface area contributed by atoms with E-state index >= 15 is 0 Å². The van der Waals surface area contributed by atoms with Crippen molar-refractivity contribution in [3.8, 4) is 50.6 Å². The van der Waals surface area contributed by atoms with E-state index in [4.69, 9.17) is 10.5 Å². The van der Waals surface area contributed by atoms with E-state index in [9.17, 15) is 8.00 Å². The molecule has 0 saturated carbocycles. The summed E-state index contributed by atoms with van der Waals surface area (Å²) in [6, 6.07) is 66.0. The van der Waals surface area contributed by atoms with Crippen molar-refractivity contribution in [1.29, 1.82) is 5.26 Å². The van der Waals surface area contributed by atoms with Gasteiger partial charge in [-0.05, 0) is 110 Å². The zero-order valence-electron chi connectivity index (χ0n) is 54.8. The Labute approximate surface area is 515 Å². The second-order valence-corrected chi connectivity index (χ2v) is 24.6. The van der Waals surface area contributed by atoms with Gasteiger partial charge in [-0.15, -0.1) is 53.8 Å². The molecule has 10 aromatic rings. The van der Waals surface area contributed by atoms with Gasteiger partial charge in [0.2, 0.25) is 0 Å². The third kappa shape index (κ3) is 10.7. The molecule has 0 bridgehead atoms. The first-order chi connectivity index (χ1) is 41.7. The molecule has 2 aliphatic rings. The van der Waals surface area contributed by atoms with Crippen molar-refractivity contribution in [3.63, 3.8) is 0 Å². The van der Waals surface area contributed by atoms with Gasteiger partial charge in [-0.25, -0.2) is 4.98 Å². The molecule has 0 saturated heterocycles. The summed E-state index contributed by atoms with van der Waals surface area (Å²) >= 11 is 0. The molecule has 9 aromatic carbocycles. The summed E-state index contributed by atoms with van der Waals surface area (Å²) in [4.78, 5) is 13.6. The number of aromatic nitrogens is 1. The number of rotatable bonds is 9. The Morgan fingerprint density at radius 1 is 0.554 bits per heavy atom. The van der Waals surface area contributed by atoms with Crippen molar-refractivity contribution in [1.82, 2.24) is 4.98 Å². The van der Waals surface area contributed by atoms with Crippen molar-refractivity contribution < 1.29 is 29.3 Å². The maximum atomic E-state index is 10.3. The van der Waals surface area contributed by atoms with Crippen LogP contribution < -0.4 is 19.6 Å². The second-order valence-electron chi connectivity index (χ2n) is 24.6. The summed E-state index contributed by atoms with van der Waals surface area (Å²) in [5.74, 6) is -0.333. The average molecular weight is 1270 g/mol. The Morgan fingerprint density at radius 3 is 1.81 bits per heavy atom. The van der Waals surface area contributed by atoms with Gasteiger partial charge in [-0.2, -0.15) is 11.3 Å². The van der Waals surface area contributed by atoms with Gasteiger partial charge in [0.25, 0.3) is 0 Å². The molecule has 416 valence electrons. The van der Waals surface area contributed by atoms with Crippen LogP contribution in [-0.2, 0) is 37.3 Å². The number of hydrogen-bond acceptors (Lipinski definition) is 6. The van der Waals surface area contributed by atoms with Crippen LogP contribution in [0.3, 0.4) is 0 Å². The first-order valence-electron chi connectivity index (χ1n) is 31.0. The summed E-state index contributed by atoms with van der Waals surface area (Å²) in [5, 5.41) is 10.3. The molecule has 2 aliphatic heterocycles. The van der Waals surface area contributed by atoms with E-state index in [0.29, 0.717) is 28.3 Å². The Kier molecular flexibility index (Phi) is 13.0. The number of nitriles is 1. The van der Waals surface area contributed by atoms with Crippen LogP contribution in [0.4, 0.5) is 57.0 Å². The first-order valence-corrected chi connectivity index (χ1v) is 28.0. The van der Waals surface area contributed by atoms with Crippen molar-refractivity contribution in [2.45, 2.75) is 98.3 Å². The molecule has 1 aromatic heterocycles. The number of fused-ring (bicyclic) bond motifs is 6. The van der Waals surface area contributed by atoms with Crippen molar-refractivity contribution in [2.24, 2.45) is 0 Å². The molecule has 0 atom stereocenters. The standard InChI is InChI=1S/C76H69N6.Pt/c1-50(2)53-37-38-78-72(42-53)82-68-36-33-51(48-77)39-67(68)65-28-19-18-27-64(65)66-35-34-59(47-71(66)82)81(58-25-16-13-17-26-58)61-45-57(76(9,10)11)44-60(46-61)79-49-80(70-32-21-20-31-69(70)79)73-62(52-23-14-12-15-24-52)29-22-30-63(73)54-40-55(74(3,4)5)43-56(41-54)75(6,7)8;/h12-45,49-50H,1-11H3;/q-3;/i12D,14D,15D,23D,24D,50D;. The predicted octanol–water partition coefficient (Wildman–Crippen LogP) is 20.9. The number of hydrogen-bond donors (Lipinski definition) is 0. The quantitative estimate of drug-likeness (QED) is 0.134. The van der Waals surface area contributed by atoms with Crippen LogP contribution >= 0.6 is 0 Å². The summed E-state index contributed by atoms with van der Waals surface area (Å²) in [7, 11) is 0. The molecular weight excluding hydrogens is 1190 g/mol. The van der Waals surface area contributed by atoms with E-state index in [0.717, 1.165) is 95.4 Å². The maximum absolute atomic E-state index is 10.3. The fraction of sp³-hybridized carbons (Fsp3) is 0.197. The maximum Gasteiger partial charge on any atom is 0.135 e. The second kappa shape index (κ2) is 22.0. The normalized spacial score (nSPS) is 14.0. The molecule has 0 N–H and O–H groups in total. The van der Waals surface area contributed by atoms with Gasteiger partial charge in [-0.1, -0.05) is 220 Å². The molecule has 12 rings (SSSR count). The van der Waals surface area contributed by atoms with Crippen LogP contribution in [0.2, 0.25) is 0 Å². The molecule has 83 heavy (non-hydrogen) atoms. The van der Waals surface area contributed by atoms with Crippen molar-refractivity contribution in [2.75, 3.05) is 19.6 Å². The summed E-state index contributed by atoms with van der Waals surface area (Å²) in [6.07, 6.45) is 1.76. The first kappa shape index (κ1) is 49.1. The molecule has 0 unspecified atom stereocenters. The van der Waals surface area contributed by atoms with Crippen LogP contribution in [-0.4, -0.2) is 4.98 Å². The minimum atomic E-state index is -0.932. The summed E-state index contributed by atoms with van der Waals surface area (Å²) in [5.41, 5.74) is 16.7. The van der Waals surface area contributed by atoms with E-state index in [2.05, 4.69) is 185 Å². The van der Waals surface area contributed by atoms with E-state index in [1.807, 2.05) is 105 Å². The van der Waals surface area contributed by atoms with Gasteiger partial charge in [0.15, 0.2) is 0 Å². The zero-order valence-corrected chi connectivity index (χ0v) is 51.1. The number of anilines is 10. The van der Waals surface area contributed by atoms with Gasteiger partial charge in [0.05, 0.1) is 24.2 Å². The summed E-state index contributed by atoms with van der Waals surface area (Å²) in [6.45, 7) is 25.7. The molecule has 6 nitrogen and oxygen atoms in total. The molecule has 0 amide bonds. The van der Waals surface area contributed by atoms with E-state index < -0.39 is 24.0 Å². The minimum Gasteiger partial charge on any atom is -0.493 e. The third-order valence-corrected chi connectivity index (χ3v) is 15.7. The number of benzene rings is 9. The topological polar surface area (TPSA) is 49.6 Å². The van der Waals surface area contributed by atoms with Crippen molar-refractivity contribution in [3.05, 3.63) is 253 Å². The molecule has 7 heteroatoms. The van der Waals surface area contributed by atoms with Gasteiger partial charge >= 0.3 is 0 Å². The fourth-order valence-corrected chi connectivity index (χ4v) is 11.1. The van der Waals surface area contributed by atoms with E-state index in [1.165, 1.54) is 0 Å². The largest absolute Gasteiger partial charge is 0.493 e.